The molecular weight excluding hydrogens is 134 g/mol. The minimum Gasteiger partial charge on any atom is -0.198 e. The molecule has 0 radical (unpaired) electrons. The second kappa shape index (κ2) is 4.64. The monoisotopic (exact) mass is 145 g/mol. The molecule has 0 aliphatic rings. The third kappa shape index (κ3) is 4.29. The largest absolute Gasteiger partial charge is 0.198 e. The van der Waals surface area contributed by atoms with Gasteiger partial charge in [0.05, 0.1) is 6.07 Å². The van der Waals surface area contributed by atoms with Crippen molar-refractivity contribution in [3.63, 3.8) is 0 Å². The van der Waals surface area contributed by atoms with Gasteiger partial charge in [-0.05, 0) is 19.8 Å². The highest BCUT2D eigenvalue weighted by atomic mass is 35.5. The maximum atomic E-state index is 8.37. The fourth-order valence-electron chi connectivity index (χ4n) is 0.603. The van der Waals surface area contributed by atoms with Crippen molar-refractivity contribution >= 4 is 11.6 Å². The Kier molecular flexibility index (Phi) is 4.53. The highest BCUT2D eigenvalue weighted by Gasteiger charge is 2.06. The van der Waals surface area contributed by atoms with E-state index in [-0.39, 0.29) is 11.3 Å². The van der Waals surface area contributed by atoms with Gasteiger partial charge in [-0.15, -0.1) is 11.6 Å². The van der Waals surface area contributed by atoms with Gasteiger partial charge in [0.2, 0.25) is 0 Å². The second-order valence-electron chi connectivity index (χ2n) is 2.27. The van der Waals surface area contributed by atoms with Gasteiger partial charge in [-0.3, -0.25) is 0 Å². The average molecular weight is 146 g/mol. The topological polar surface area (TPSA) is 23.8 Å². The Bertz CT molecular complexity index is 106. The lowest BCUT2D eigenvalue weighted by molar-refractivity contribution is 0.615. The van der Waals surface area contributed by atoms with Crippen LogP contribution in [0, 0.1) is 17.2 Å². The molecule has 0 heterocycles. The first-order valence-corrected chi connectivity index (χ1v) is 3.68. The molecule has 0 bridgehead atoms. The number of nitriles is 1. The molecule has 9 heavy (non-hydrogen) atoms. The van der Waals surface area contributed by atoms with Crippen molar-refractivity contribution in [3.8, 4) is 6.07 Å². The lowest BCUT2D eigenvalue weighted by atomic mass is 10.1. The Morgan fingerprint density at radius 1 is 1.67 bits per heavy atom. The normalized spacial score (nSPS) is 16.2. The van der Waals surface area contributed by atoms with E-state index in [1.54, 1.807) is 0 Å². The van der Waals surface area contributed by atoms with E-state index >= 15 is 0 Å². The van der Waals surface area contributed by atoms with E-state index in [1.807, 2.05) is 13.8 Å². The molecule has 0 spiro atoms. The molecule has 0 aliphatic carbocycles. The Morgan fingerprint density at radius 3 is 2.56 bits per heavy atom. The molecule has 0 aliphatic heterocycles. The van der Waals surface area contributed by atoms with Crippen LogP contribution in [0.15, 0.2) is 0 Å². The van der Waals surface area contributed by atoms with Crippen LogP contribution in [0.2, 0.25) is 0 Å². The van der Waals surface area contributed by atoms with Crippen molar-refractivity contribution < 1.29 is 0 Å². The molecule has 52 valence electrons. The molecule has 0 N–H and O–H groups in total. The third-order valence-corrected chi connectivity index (χ3v) is 1.76. The highest BCUT2D eigenvalue weighted by molar-refractivity contribution is 6.20. The van der Waals surface area contributed by atoms with E-state index in [2.05, 4.69) is 6.07 Å². The van der Waals surface area contributed by atoms with E-state index < -0.39 is 0 Å². The summed E-state index contributed by atoms with van der Waals surface area (Å²) < 4.78 is 0. The lowest BCUT2D eigenvalue weighted by Crippen LogP contribution is -2.01. The number of hydrogen-bond acceptors (Lipinski definition) is 1. The van der Waals surface area contributed by atoms with Crippen LogP contribution >= 0.6 is 11.6 Å². The average Bonchev–Trinajstić information content (AvgIpc) is 1.87. The summed E-state index contributed by atoms with van der Waals surface area (Å²) in [4.78, 5) is 0. The van der Waals surface area contributed by atoms with Gasteiger partial charge in [0, 0.05) is 11.3 Å². The highest BCUT2D eigenvalue weighted by Crippen LogP contribution is 2.12. The van der Waals surface area contributed by atoms with E-state index in [0.717, 1.165) is 12.8 Å². The van der Waals surface area contributed by atoms with Crippen LogP contribution in [0.1, 0.15) is 26.7 Å². The van der Waals surface area contributed by atoms with Gasteiger partial charge in [0.1, 0.15) is 0 Å². The molecule has 2 unspecified atom stereocenters. The molecule has 0 amide bonds. The molecule has 0 aromatic carbocycles. The first-order valence-electron chi connectivity index (χ1n) is 3.24. The summed E-state index contributed by atoms with van der Waals surface area (Å²) in [5, 5.41) is 8.55. The van der Waals surface area contributed by atoms with Crippen molar-refractivity contribution in [2.45, 2.75) is 32.1 Å². The molecule has 0 fully saturated rings. The second-order valence-corrected chi connectivity index (χ2v) is 2.89. The maximum absolute atomic E-state index is 8.37. The van der Waals surface area contributed by atoms with Crippen molar-refractivity contribution in [2.75, 3.05) is 0 Å². The number of rotatable bonds is 3. The molecule has 0 saturated carbocycles. The molecule has 2 heteroatoms. The quantitative estimate of drug-likeness (QED) is 0.560. The van der Waals surface area contributed by atoms with E-state index in [1.165, 1.54) is 0 Å². The predicted octanol–water partition coefficient (Wildman–Crippen LogP) is 2.55. The van der Waals surface area contributed by atoms with Crippen molar-refractivity contribution in [3.05, 3.63) is 0 Å². The zero-order valence-corrected chi connectivity index (χ0v) is 6.65. The first kappa shape index (κ1) is 8.78. The maximum Gasteiger partial charge on any atom is 0.0653 e. The van der Waals surface area contributed by atoms with Crippen LogP contribution < -0.4 is 0 Å². The molecule has 0 aromatic rings. The fraction of sp³-hybridized carbons (Fsp3) is 0.857. The van der Waals surface area contributed by atoms with Crippen LogP contribution in [-0.4, -0.2) is 5.38 Å². The minimum atomic E-state index is 0.104. The lowest BCUT2D eigenvalue weighted by Gasteiger charge is -2.05. The van der Waals surface area contributed by atoms with Crippen molar-refractivity contribution in [1.29, 1.82) is 5.26 Å². The molecule has 0 rings (SSSR count). The van der Waals surface area contributed by atoms with E-state index in [9.17, 15) is 0 Å². The van der Waals surface area contributed by atoms with Crippen molar-refractivity contribution in [2.24, 2.45) is 5.92 Å². The summed E-state index contributed by atoms with van der Waals surface area (Å²) in [6.45, 7) is 3.92. The Labute approximate surface area is 61.6 Å². The van der Waals surface area contributed by atoms with Crippen LogP contribution in [-0.2, 0) is 0 Å². The van der Waals surface area contributed by atoms with Gasteiger partial charge in [-0.1, -0.05) is 6.92 Å². The zero-order chi connectivity index (χ0) is 7.28. The third-order valence-electron chi connectivity index (χ3n) is 1.27. The van der Waals surface area contributed by atoms with Gasteiger partial charge in [0.15, 0.2) is 0 Å². The van der Waals surface area contributed by atoms with Crippen LogP contribution in [0.25, 0.3) is 0 Å². The summed E-state index contributed by atoms with van der Waals surface area (Å²) in [6, 6.07) is 2.15. The number of nitrogens with zero attached hydrogens (tertiary/aromatic N) is 1. The summed E-state index contributed by atoms with van der Waals surface area (Å²) in [5.74, 6) is 0.104. The Balaban J connectivity index is 3.37. The molecule has 0 saturated heterocycles. The fourth-order valence-corrected chi connectivity index (χ4v) is 0.870. The molecule has 1 nitrogen and oxygen atoms in total. The SMILES string of the molecule is CCC(Cl)CC(C)C#N. The van der Waals surface area contributed by atoms with Crippen LogP contribution in [0.3, 0.4) is 0 Å². The van der Waals surface area contributed by atoms with Crippen LogP contribution in [0.5, 0.6) is 0 Å². The Morgan fingerprint density at radius 2 is 2.22 bits per heavy atom. The van der Waals surface area contributed by atoms with Gasteiger partial charge in [0.25, 0.3) is 0 Å². The first-order chi connectivity index (χ1) is 4.20. The van der Waals surface area contributed by atoms with E-state index in [4.69, 9.17) is 16.9 Å². The smallest absolute Gasteiger partial charge is 0.0653 e. The molecule has 0 aromatic heterocycles. The summed E-state index contributed by atoms with van der Waals surface area (Å²) in [5.41, 5.74) is 0. The van der Waals surface area contributed by atoms with Crippen LogP contribution in [0.4, 0.5) is 0 Å². The molecule has 2 atom stereocenters. The summed E-state index contributed by atoms with van der Waals surface area (Å²) >= 11 is 5.79. The van der Waals surface area contributed by atoms with Crippen molar-refractivity contribution in [1.82, 2.24) is 0 Å². The van der Waals surface area contributed by atoms with E-state index in [0.29, 0.717) is 0 Å². The van der Waals surface area contributed by atoms with Gasteiger partial charge in [-0.25, -0.2) is 0 Å². The number of alkyl halides is 1. The van der Waals surface area contributed by atoms with Gasteiger partial charge < -0.3 is 0 Å². The predicted molar refractivity (Wildman–Crippen MR) is 39.3 cm³/mol. The minimum absolute atomic E-state index is 0.104. The number of hydrogen-bond donors (Lipinski definition) is 0. The standard InChI is InChI=1S/C7H12ClN/c1-3-7(8)4-6(2)5-9/h6-7H,3-4H2,1-2H3. The number of halogens is 1. The Hall–Kier alpha value is -0.220. The zero-order valence-electron chi connectivity index (χ0n) is 5.89. The summed E-state index contributed by atoms with van der Waals surface area (Å²) in [6.07, 6.45) is 1.77. The van der Waals surface area contributed by atoms with Gasteiger partial charge >= 0.3 is 0 Å². The molecular formula is C7H12ClN. The van der Waals surface area contributed by atoms with Gasteiger partial charge in [-0.2, -0.15) is 5.26 Å². The summed E-state index contributed by atoms with van der Waals surface area (Å²) in [7, 11) is 0.